The van der Waals surface area contributed by atoms with Crippen LogP contribution in [0, 0.1) is 6.92 Å². The number of para-hydroxylation sites is 1. The SMILES string of the molecule is Cc1cccc2[nH]c(C(O)c3ccccc3)nc12. The lowest BCUT2D eigenvalue weighted by Gasteiger charge is -2.06. The highest BCUT2D eigenvalue weighted by molar-refractivity contribution is 5.78. The smallest absolute Gasteiger partial charge is 0.140 e. The summed E-state index contributed by atoms with van der Waals surface area (Å²) in [7, 11) is 0. The fourth-order valence-electron chi connectivity index (χ4n) is 2.12. The van der Waals surface area contributed by atoms with Crippen LogP contribution in [0.3, 0.4) is 0 Å². The standard InChI is InChI=1S/C15H14N2O/c1-10-6-5-9-12-13(10)17-15(16-12)14(18)11-7-3-2-4-8-11/h2-9,14,18H,1H3,(H,16,17). The van der Waals surface area contributed by atoms with E-state index in [1.165, 1.54) is 0 Å². The number of nitrogens with zero attached hydrogens (tertiary/aromatic N) is 1. The fraction of sp³-hybridized carbons (Fsp3) is 0.133. The number of H-pyrrole nitrogens is 1. The predicted octanol–water partition coefficient (Wildman–Crippen LogP) is 2.95. The van der Waals surface area contributed by atoms with E-state index in [0.717, 1.165) is 22.2 Å². The van der Waals surface area contributed by atoms with E-state index in [-0.39, 0.29) is 0 Å². The summed E-state index contributed by atoms with van der Waals surface area (Å²) in [6, 6.07) is 15.5. The molecule has 3 heteroatoms. The van der Waals surface area contributed by atoms with Crippen LogP contribution >= 0.6 is 0 Å². The van der Waals surface area contributed by atoms with Crippen molar-refractivity contribution in [2.24, 2.45) is 0 Å². The maximum atomic E-state index is 10.3. The van der Waals surface area contributed by atoms with E-state index in [1.807, 2.05) is 55.5 Å². The molecule has 0 aliphatic carbocycles. The van der Waals surface area contributed by atoms with Crippen LogP contribution in [0.25, 0.3) is 11.0 Å². The Balaban J connectivity index is 2.07. The van der Waals surface area contributed by atoms with Gasteiger partial charge in [-0.05, 0) is 24.1 Å². The predicted molar refractivity (Wildman–Crippen MR) is 71.3 cm³/mol. The van der Waals surface area contributed by atoms with Crippen LogP contribution in [0.5, 0.6) is 0 Å². The fourth-order valence-corrected chi connectivity index (χ4v) is 2.12. The Bertz CT molecular complexity index is 673. The highest BCUT2D eigenvalue weighted by atomic mass is 16.3. The molecule has 0 spiro atoms. The van der Waals surface area contributed by atoms with E-state index in [9.17, 15) is 5.11 Å². The monoisotopic (exact) mass is 238 g/mol. The second kappa shape index (κ2) is 4.27. The molecule has 0 aliphatic rings. The molecule has 2 N–H and O–H groups in total. The number of aliphatic hydroxyl groups excluding tert-OH is 1. The third-order valence-corrected chi connectivity index (χ3v) is 3.11. The van der Waals surface area contributed by atoms with Crippen molar-refractivity contribution in [1.82, 2.24) is 9.97 Å². The largest absolute Gasteiger partial charge is 0.380 e. The van der Waals surface area contributed by atoms with Crippen molar-refractivity contribution in [2.75, 3.05) is 0 Å². The Morgan fingerprint density at radius 1 is 1.06 bits per heavy atom. The van der Waals surface area contributed by atoms with Gasteiger partial charge in [0.1, 0.15) is 11.9 Å². The third-order valence-electron chi connectivity index (χ3n) is 3.11. The van der Waals surface area contributed by atoms with Gasteiger partial charge in [0.25, 0.3) is 0 Å². The van der Waals surface area contributed by atoms with Gasteiger partial charge in [-0.15, -0.1) is 0 Å². The number of aromatic amines is 1. The summed E-state index contributed by atoms with van der Waals surface area (Å²) < 4.78 is 0. The molecule has 0 saturated carbocycles. The molecule has 1 aromatic heterocycles. The Kier molecular flexibility index (Phi) is 2.61. The van der Waals surface area contributed by atoms with Crippen molar-refractivity contribution < 1.29 is 5.11 Å². The molecule has 2 aromatic carbocycles. The van der Waals surface area contributed by atoms with E-state index in [2.05, 4.69) is 9.97 Å². The van der Waals surface area contributed by atoms with Crippen LogP contribution < -0.4 is 0 Å². The first kappa shape index (κ1) is 11.0. The van der Waals surface area contributed by atoms with Crippen molar-refractivity contribution >= 4 is 11.0 Å². The minimum Gasteiger partial charge on any atom is -0.380 e. The molecule has 0 bridgehead atoms. The molecular weight excluding hydrogens is 224 g/mol. The molecule has 0 amide bonds. The summed E-state index contributed by atoms with van der Waals surface area (Å²) in [6.45, 7) is 2.02. The normalized spacial score (nSPS) is 12.8. The van der Waals surface area contributed by atoms with Crippen molar-refractivity contribution in [3.8, 4) is 0 Å². The van der Waals surface area contributed by atoms with E-state index in [4.69, 9.17) is 0 Å². The molecule has 0 radical (unpaired) electrons. The molecule has 3 rings (SSSR count). The Morgan fingerprint density at radius 3 is 2.56 bits per heavy atom. The molecule has 1 unspecified atom stereocenters. The van der Waals surface area contributed by atoms with Crippen LogP contribution in [0.15, 0.2) is 48.5 Å². The van der Waals surface area contributed by atoms with E-state index in [0.29, 0.717) is 5.82 Å². The number of fused-ring (bicyclic) bond motifs is 1. The zero-order chi connectivity index (χ0) is 12.5. The molecule has 90 valence electrons. The topological polar surface area (TPSA) is 48.9 Å². The summed E-state index contributed by atoms with van der Waals surface area (Å²) in [4.78, 5) is 7.66. The van der Waals surface area contributed by atoms with Crippen LogP contribution in [0.1, 0.15) is 23.1 Å². The van der Waals surface area contributed by atoms with Gasteiger partial charge in [0.2, 0.25) is 0 Å². The van der Waals surface area contributed by atoms with Gasteiger partial charge in [0.05, 0.1) is 11.0 Å². The maximum absolute atomic E-state index is 10.3. The quantitative estimate of drug-likeness (QED) is 0.721. The minimum atomic E-state index is -0.710. The van der Waals surface area contributed by atoms with Crippen LogP contribution in [0.2, 0.25) is 0 Å². The van der Waals surface area contributed by atoms with Crippen LogP contribution in [-0.4, -0.2) is 15.1 Å². The van der Waals surface area contributed by atoms with Crippen molar-refractivity contribution in [1.29, 1.82) is 0 Å². The average molecular weight is 238 g/mol. The van der Waals surface area contributed by atoms with Crippen LogP contribution in [-0.2, 0) is 0 Å². The number of benzene rings is 2. The molecule has 3 aromatic rings. The number of aromatic nitrogens is 2. The zero-order valence-electron chi connectivity index (χ0n) is 10.1. The minimum absolute atomic E-state index is 0.588. The second-order valence-corrected chi connectivity index (χ2v) is 4.41. The van der Waals surface area contributed by atoms with Gasteiger partial charge in [-0.1, -0.05) is 42.5 Å². The lowest BCUT2D eigenvalue weighted by molar-refractivity contribution is 0.211. The molecule has 1 atom stereocenters. The van der Waals surface area contributed by atoms with Crippen molar-refractivity contribution in [3.05, 3.63) is 65.5 Å². The van der Waals surface area contributed by atoms with Gasteiger partial charge < -0.3 is 10.1 Å². The maximum Gasteiger partial charge on any atom is 0.140 e. The molecule has 0 fully saturated rings. The van der Waals surface area contributed by atoms with E-state index in [1.54, 1.807) is 0 Å². The van der Waals surface area contributed by atoms with Gasteiger partial charge in [0.15, 0.2) is 0 Å². The first-order valence-corrected chi connectivity index (χ1v) is 5.94. The molecule has 0 saturated heterocycles. The van der Waals surface area contributed by atoms with Crippen molar-refractivity contribution in [2.45, 2.75) is 13.0 Å². The van der Waals surface area contributed by atoms with Crippen LogP contribution in [0.4, 0.5) is 0 Å². The molecule has 3 nitrogen and oxygen atoms in total. The molecule has 18 heavy (non-hydrogen) atoms. The summed E-state index contributed by atoms with van der Waals surface area (Å²) in [5.41, 5.74) is 3.83. The van der Waals surface area contributed by atoms with E-state index >= 15 is 0 Å². The summed E-state index contributed by atoms with van der Waals surface area (Å²) >= 11 is 0. The van der Waals surface area contributed by atoms with Gasteiger partial charge in [-0.25, -0.2) is 4.98 Å². The van der Waals surface area contributed by atoms with Gasteiger partial charge in [0, 0.05) is 0 Å². The number of aryl methyl sites for hydroxylation is 1. The van der Waals surface area contributed by atoms with Gasteiger partial charge in [-0.2, -0.15) is 0 Å². The number of imidazole rings is 1. The summed E-state index contributed by atoms with van der Waals surface area (Å²) in [5, 5.41) is 10.3. The molecule has 0 aliphatic heterocycles. The first-order valence-electron chi connectivity index (χ1n) is 5.94. The van der Waals surface area contributed by atoms with Gasteiger partial charge in [-0.3, -0.25) is 0 Å². The lowest BCUT2D eigenvalue weighted by atomic mass is 10.1. The molecule has 1 heterocycles. The van der Waals surface area contributed by atoms with Gasteiger partial charge >= 0.3 is 0 Å². The second-order valence-electron chi connectivity index (χ2n) is 4.41. The lowest BCUT2D eigenvalue weighted by Crippen LogP contribution is -2.01. The Morgan fingerprint density at radius 2 is 1.83 bits per heavy atom. The third kappa shape index (κ3) is 1.79. The highest BCUT2D eigenvalue weighted by Crippen LogP contribution is 2.23. The summed E-state index contributed by atoms with van der Waals surface area (Å²) in [6.07, 6.45) is -0.710. The summed E-state index contributed by atoms with van der Waals surface area (Å²) in [5.74, 6) is 0.588. The Hall–Kier alpha value is -2.13. The number of hydrogen-bond donors (Lipinski definition) is 2. The number of hydrogen-bond acceptors (Lipinski definition) is 2. The highest BCUT2D eigenvalue weighted by Gasteiger charge is 2.14. The van der Waals surface area contributed by atoms with E-state index < -0.39 is 6.10 Å². The average Bonchev–Trinajstić information content (AvgIpc) is 2.84. The number of nitrogens with one attached hydrogen (secondary N) is 1. The number of aliphatic hydroxyl groups is 1. The molecular formula is C15H14N2O. The first-order chi connectivity index (χ1) is 8.75. The Labute approximate surface area is 105 Å². The van der Waals surface area contributed by atoms with Crippen molar-refractivity contribution in [3.63, 3.8) is 0 Å². The number of rotatable bonds is 2. The zero-order valence-corrected chi connectivity index (χ0v) is 10.1.